The van der Waals surface area contributed by atoms with Crippen LogP contribution in [0.25, 0.3) is 0 Å². The number of rotatable bonds is 6. The fourth-order valence-electron chi connectivity index (χ4n) is 2.76. The van der Waals surface area contributed by atoms with Gasteiger partial charge in [-0.1, -0.05) is 19.9 Å². The number of hydrogen-bond donors (Lipinski definition) is 1. The highest BCUT2D eigenvalue weighted by atomic mass is 16.5. The predicted octanol–water partition coefficient (Wildman–Crippen LogP) is 2.34. The van der Waals surface area contributed by atoms with Gasteiger partial charge < -0.3 is 14.7 Å². The molecule has 0 spiro atoms. The van der Waals surface area contributed by atoms with E-state index in [9.17, 15) is 9.90 Å². The van der Waals surface area contributed by atoms with Gasteiger partial charge in [-0.15, -0.1) is 0 Å². The zero-order chi connectivity index (χ0) is 14.5. The van der Waals surface area contributed by atoms with Gasteiger partial charge >= 0.3 is 0 Å². The first kappa shape index (κ1) is 15.0. The molecule has 0 saturated carbocycles. The second kappa shape index (κ2) is 6.86. The predicted molar refractivity (Wildman–Crippen MR) is 77.4 cm³/mol. The maximum absolute atomic E-state index is 12.7. The van der Waals surface area contributed by atoms with Crippen LogP contribution in [-0.2, 0) is 18.0 Å². The molecule has 0 unspecified atom stereocenters. The maximum atomic E-state index is 12.7. The Bertz CT molecular complexity index is 469. The van der Waals surface area contributed by atoms with Crippen molar-refractivity contribution in [2.24, 2.45) is 0 Å². The van der Waals surface area contributed by atoms with Crippen molar-refractivity contribution in [2.75, 3.05) is 13.2 Å². The van der Waals surface area contributed by atoms with Gasteiger partial charge in [-0.25, -0.2) is 0 Å². The summed E-state index contributed by atoms with van der Waals surface area (Å²) in [5.41, 5.74) is 2.96. The van der Waals surface area contributed by atoms with Gasteiger partial charge in [0.1, 0.15) is 0 Å². The van der Waals surface area contributed by atoms with E-state index in [4.69, 9.17) is 4.74 Å². The van der Waals surface area contributed by atoms with Gasteiger partial charge in [0.15, 0.2) is 0 Å². The Morgan fingerprint density at radius 1 is 1.30 bits per heavy atom. The summed E-state index contributed by atoms with van der Waals surface area (Å²) in [4.78, 5) is 14.5. The molecule has 110 valence electrons. The Kier molecular flexibility index (Phi) is 5.15. The summed E-state index contributed by atoms with van der Waals surface area (Å²) in [6, 6.07) is 5.94. The molecule has 1 aromatic carbocycles. The highest BCUT2D eigenvalue weighted by molar-refractivity contribution is 5.94. The van der Waals surface area contributed by atoms with Gasteiger partial charge in [-0.3, -0.25) is 4.79 Å². The van der Waals surface area contributed by atoms with E-state index in [0.29, 0.717) is 25.3 Å². The van der Waals surface area contributed by atoms with E-state index in [2.05, 4.69) is 13.8 Å². The van der Waals surface area contributed by atoms with Crippen LogP contribution in [0.1, 0.15) is 48.2 Å². The third kappa shape index (κ3) is 3.02. The fourth-order valence-corrected chi connectivity index (χ4v) is 2.76. The van der Waals surface area contributed by atoms with Crippen LogP contribution in [0.5, 0.6) is 0 Å². The van der Waals surface area contributed by atoms with Gasteiger partial charge in [0.05, 0.1) is 19.8 Å². The lowest BCUT2D eigenvalue weighted by Crippen LogP contribution is -2.41. The molecule has 1 aromatic rings. The van der Waals surface area contributed by atoms with Gasteiger partial charge in [0.2, 0.25) is 0 Å². The number of benzene rings is 1. The number of amides is 1. The Morgan fingerprint density at radius 2 is 2.00 bits per heavy atom. The number of aliphatic hydroxyl groups excluding tert-OH is 1. The number of ether oxygens (including phenoxy) is 1. The van der Waals surface area contributed by atoms with Crippen LogP contribution in [0.3, 0.4) is 0 Å². The molecule has 0 radical (unpaired) electrons. The molecule has 0 fully saturated rings. The molecule has 0 aromatic heterocycles. The second-order valence-electron chi connectivity index (χ2n) is 5.17. The summed E-state index contributed by atoms with van der Waals surface area (Å²) < 4.78 is 5.38. The van der Waals surface area contributed by atoms with E-state index in [1.807, 2.05) is 18.2 Å². The van der Waals surface area contributed by atoms with Crippen molar-refractivity contribution in [1.82, 2.24) is 4.90 Å². The van der Waals surface area contributed by atoms with Crippen molar-refractivity contribution in [2.45, 2.75) is 45.9 Å². The SMILES string of the molecule is CCC(CC)N(CCO)C(=O)c1ccc2c(c1)COC2. The highest BCUT2D eigenvalue weighted by Crippen LogP contribution is 2.22. The summed E-state index contributed by atoms with van der Waals surface area (Å²) >= 11 is 0. The molecule has 1 aliphatic rings. The topological polar surface area (TPSA) is 49.8 Å². The van der Waals surface area contributed by atoms with Crippen LogP contribution in [0, 0.1) is 0 Å². The number of carbonyl (C=O) groups excluding carboxylic acids is 1. The minimum Gasteiger partial charge on any atom is -0.395 e. The molecule has 2 rings (SSSR count). The van der Waals surface area contributed by atoms with Gasteiger partial charge in [0.25, 0.3) is 5.91 Å². The fraction of sp³-hybridized carbons (Fsp3) is 0.562. The number of fused-ring (bicyclic) bond motifs is 1. The third-order valence-electron chi connectivity index (χ3n) is 3.95. The quantitative estimate of drug-likeness (QED) is 0.868. The molecule has 1 amide bonds. The van der Waals surface area contributed by atoms with E-state index < -0.39 is 0 Å². The molecule has 0 saturated heterocycles. The maximum Gasteiger partial charge on any atom is 0.254 e. The van der Waals surface area contributed by atoms with Crippen molar-refractivity contribution in [3.63, 3.8) is 0 Å². The molecular weight excluding hydrogens is 254 g/mol. The van der Waals surface area contributed by atoms with Crippen molar-refractivity contribution in [1.29, 1.82) is 0 Å². The number of carbonyl (C=O) groups is 1. The first-order valence-electron chi connectivity index (χ1n) is 7.32. The highest BCUT2D eigenvalue weighted by Gasteiger charge is 2.23. The number of aliphatic hydroxyl groups is 1. The van der Waals surface area contributed by atoms with E-state index in [-0.39, 0.29) is 18.6 Å². The molecule has 0 bridgehead atoms. The number of hydrogen-bond acceptors (Lipinski definition) is 3. The van der Waals surface area contributed by atoms with Crippen molar-refractivity contribution < 1.29 is 14.6 Å². The van der Waals surface area contributed by atoms with Crippen molar-refractivity contribution >= 4 is 5.91 Å². The summed E-state index contributed by atoms with van der Waals surface area (Å²) in [5, 5.41) is 9.21. The van der Waals surface area contributed by atoms with Crippen LogP contribution in [-0.4, -0.2) is 35.1 Å². The Labute approximate surface area is 120 Å². The summed E-state index contributed by atoms with van der Waals surface area (Å²) in [6.07, 6.45) is 1.80. The van der Waals surface area contributed by atoms with E-state index in [1.54, 1.807) is 4.90 Å². The second-order valence-corrected chi connectivity index (χ2v) is 5.17. The first-order chi connectivity index (χ1) is 9.71. The van der Waals surface area contributed by atoms with Crippen molar-refractivity contribution in [3.05, 3.63) is 34.9 Å². The minimum atomic E-state index is -0.00368. The van der Waals surface area contributed by atoms with Gasteiger partial charge in [-0.05, 0) is 36.1 Å². The zero-order valence-corrected chi connectivity index (χ0v) is 12.3. The molecule has 20 heavy (non-hydrogen) atoms. The lowest BCUT2D eigenvalue weighted by molar-refractivity contribution is 0.0622. The molecular formula is C16H23NO3. The molecule has 4 nitrogen and oxygen atoms in total. The van der Waals surface area contributed by atoms with Gasteiger partial charge in [0, 0.05) is 18.2 Å². The smallest absolute Gasteiger partial charge is 0.254 e. The summed E-state index contributed by atoms with van der Waals surface area (Å²) in [7, 11) is 0. The standard InChI is InChI=1S/C16H23NO3/c1-3-15(4-2)17(7-8-18)16(19)12-5-6-13-10-20-11-14(13)9-12/h5-6,9,15,18H,3-4,7-8,10-11H2,1-2H3. The zero-order valence-electron chi connectivity index (χ0n) is 12.3. The van der Waals surface area contributed by atoms with E-state index >= 15 is 0 Å². The molecule has 0 atom stereocenters. The third-order valence-corrected chi connectivity index (χ3v) is 3.95. The van der Waals surface area contributed by atoms with E-state index in [1.165, 1.54) is 0 Å². The molecule has 4 heteroatoms. The Hall–Kier alpha value is -1.39. The lowest BCUT2D eigenvalue weighted by Gasteiger charge is -2.30. The van der Waals surface area contributed by atoms with Crippen LogP contribution in [0.2, 0.25) is 0 Å². The summed E-state index contributed by atoms with van der Waals surface area (Å²) in [5.74, 6) is 0.00227. The average molecular weight is 277 g/mol. The van der Waals surface area contributed by atoms with Crippen LogP contribution in [0.15, 0.2) is 18.2 Å². The Morgan fingerprint density at radius 3 is 2.65 bits per heavy atom. The normalized spacial score (nSPS) is 13.6. The van der Waals surface area contributed by atoms with Crippen molar-refractivity contribution in [3.8, 4) is 0 Å². The van der Waals surface area contributed by atoms with Crippen LogP contribution < -0.4 is 0 Å². The van der Waals surface area contributed by atoms with Gasteiger partial charge in [-0.2, -0.15) is 0 Å². The molecule has 1 aliphatic heterocycles. The van der Waals surface area contributed by atoms with Crippen LogP contribution >= 0.6 is 0 Å². The summed E-state index contributed by atoms with van der Waals surface area (Å²) in [6.45, 7) is 5.75. The Balaban J connectivity index is 2.22. The molecule has 1 N–H and O–H groups in total. The number of nitrogens with zero attached hydrogens (tertiary/aromatic N) is 1. The minimum absolute atomic E-state index is 0.00227. The molecule has 1 heterocycles. The average Bonchev–Trinajstić information content (AvgIpc) is 2.94. The lowest BCUT2D eigenvalue weighted by atomic mass is 10.0. The van der Waals surface area contributed by atoms with E-state index in [0.717, 1.165) is 24.0 Å². The first-order valence-corrected chi connectivity index (χ1v) is 7.32. The molecule has 0 aliphatic carbocycles. The van der Waals surface area contributed by atoms with Crippen LogP contribution in [0.4, 0.5) is 0 Å². The largest absolute Gasteiger partial charge is 0.395 e. The monoisotopic (exact) mass is 277 g/mol.